The third kappa shape index (κ3) is 2.61. The van der Waals surface area contributed by atoms with E-state index in [4.69, 9.17) is 14.7 Å². The van der Waals surface area contributed by atoms with Crippen LogP contribution in [-0.4, -0.2) is 37.7 Å². The molecule has 0 heterocycles. The quantitative estimate of drug-likeness (QED) is 0.413. The minimum atomic E-state index is -0.828. The highest BCUT2D eigenvalue weighted by Gasteiger charge is 2.26. The van der Waals surface area contributed by atoms with E-state index in [1.54, 1.807) is 12.2 Å². The minimum Gasteiger partial charge on any atom is -0.497 e. The molecule has 0 aromatic carbocycles. The molecule has 0 aromatic rings. The SMILES string of the molecule is COC1=C(C(=O)NO)C(C=O)=CC=CC1OC. The van der Waals surface area contributed by atoms with Gasteiger partial charge in [-0.05, 0) is 6.08 Å². The molecular formula is C11H13NO5. The van der Waals surface area contributed by atoms with Crippen molar-refractivity contribution in [1.29, 1.82) is 0 Å². The van der Waals surface area contributed by atoms with Crippen LogP contribution in [0.3, 0.4) is 0 Å². The summed E-state index contributed by atoms with van der Waals surface area (Å²) in [6.45, 7) is 0. The number of methoxy groups -OCH3 is 2. The monoisotopic (exact) mass is 239 g/mol. The van der Waals surface area contributed by atoms with Crippen molar-refractivity contribution in [2.75, 3.05) is 14.2 Å². The second kappa shape index (κ2) is 5.97. The Hall–Kier alpha value is -1.92. The molecule has 6 nitrogen and oxygen atoms in total. The summed E-state index contributed by atoms with van der Waals surface area (Å²) in [6.07, 6.45) is 4.55. The van der Waals surface area contributed by atoms with Crippen LogP contribution in [0.1, 0.15) is 0 Å². The van der Waals surface area contributed by atoms with Crippen LogP contribution in [0.25, 0.3) is 0 Å². The maximum absolute atomic E-state index is 11.5. The molecule has 17 heavy (non-hydrogen) atoms. The Labute approximate surface area is 98.2 Å². The lowest BCUT2D eigenvalue weighted by Gasteiger charge is -2.17. The van der Waals surface area contributed by atoms with Crippen molar-refractivity contribution in [3.63, 3.8) is 0 Å². The Balaban J connectivity index is 3.38. The fourth-order valence-electron chi connectivity index (χ4n) is 1.52. The lowest BCUT2D eigenvalue weighted by molar-refractivity contribution is -0.125. The number of amides is 1. The van der Waals surface area contributed by atoms with E-state index in [1.165, 1.54) is 25.8 Å². The molecule has 0 aliphatic heterocycles. The molecule has 1 aliphatic carbocycles. The molecule has 1 unspecified atom stereocenters. The second-order valence-corrected chi connectivity index (χ2v) is 3.17. The summed E-state index contributed by atoms with van der Waals surface area (Å²) in [6, 6.07) is 0. The van der Waals surface area contributed by atoms with Crippen molar-refractivity contribution in [2.24, 2.45) is 0 Å². The van der Waals surface area contributed by atoms with E-state index in [1.807, 2.05) is 0 Å². The van der Waals surface area contributed by atoms with Gasteiger partial charge in [0.1, 0.15) is 11.9 Å². The molecule has 0 spiro atoms. The van der Waals surface area contributed by atoms with Gasteiger partial charge < -0.3 is 9.47 Å². The first-order valence-corrected chi connectivity index (χ1v) is 4.79. The average molecular weight is 239 g/mol. The summed E-state index contributed by atoms with van der Waals surface area (Å²) in [5.41, 5.74) is 1.52. The van der Waals surface area contributed by atoms with Gasteiger partial charge in [0, 0.05) is 12.7 Å². The number of rotatable bonds is 4. The van der Waals surface area contributed by atoms with Gasteiger partial charge in [-0.25, -0.2) is 5.48 Å². The summed E-state index contributed by atoms with van der Waals surface area (Å²) in [4.78, 5) is 22.4. The Bertz CT molecular complexity index is 408. The topological polar surface area (TPSA) is 84.9 Å². The number of carbonyl (C=O) groups excluding carboxylic acids is 2. The van der Waals surface area contributed by atoms with Gasteiger partial charge in [-0.3, -0.25) is 14.8 Å². The van der Waals surface area contributed by atoms with Crippen LogP contribution in [0.15, 0.2) is 35.1 Å². The van der Waals surface area contributed by atoms with Crippen molar-refractivity contribution in [2.45, 2.75) is 6.10 Å². The van der Waals surface area contributed by atoms with Crippen LogP contribution in [0.4, 0.5) is 0 Å². The fraction of sp³-hybridized carbons (Fsp3) is 0.273. The summed E-state index contributed by atoms with van der Waals surface area (Å²) >= 11 is 0. The van der Waals surface area contributed by atoms with E-state index < -0.39 is 12.0 Å². The van der Waals surface area contributed by atoms with Gasteiger partial charge in [0.15, 0.2) is 6.29 Å². The van der Waals surface area contributed by atoms with Crippen LogP contribution >= 0.6 is 0 Å². The van der Waals surface area contributed by atoms with E-state index in [0.717, 1.165) is 0 Å². The van der Waals surface area contributed by atoms with E-state index in [9.17, 15) is 9.59 Å². The Morgan fingerprint density at radius 3 is 2.71 bits per heavy atom. The summed E-state index contributed by atoms with van der Waals surface area (Å²) in [5, 5.41) is 8.67. The lowest BCUT2D eigenvalue weighted by atomic mass is 10.0. The largest absolute Gasteiger partial charge is 0.497 e. The van der Waals surface area contributed by atoms with Gasteiger partial charge in [0.2, 0.25) is 0 Å². The molecule has 1 amide bonds. The Morgan fingerprint density at radius 2 is 2.24 bits per heavy atom. The van der Waals surface area contributed by atoms with Crippen LogP contribution in [0.2, 0.25) is 0 Å². The molecule has 1 aliphatic rings. The number of carbonyl (C=O) groups is 2. The minimum absolute atomic E-state index is 0.0538. The number of hydroxylamine groups is 1. The van der Waals surface area contributed by atoms with Crippen LogP contribution in [0, 0.1) is 0 Å². The third-order valence-corrected chi connectivity index (χ3v) is 2.28. The first kappa shape index (κ1) is 13.1. The molecular weight excluding hydrogens is 226 g/mol. The lowest BCUT2D eigenvalue weighted by Crippen LogP contribution is -2.26. The number of allylic oxidation sites excluding steroid dienone is 2. The molecule has 1 rings (SSSR count). The summed E-state index contributed by atoms with van der Waals surface area (Å²) in [5.74, 6) is -0.669. The highest BCUT2D eigenvalue weighted by Crippen LogP contribution is 2.23. The zero-order chi connectivity index (χ0) is 12.8. The first-order chi connectivity index (χ1) is 8.19. The third-order valence-electron chi connectivity index (χ3n) is 2.28. The highest BCUT2D eigenvalue weighted by molar-refractivity contribution is 6.05. The van der Waals surface area contributed by atoms with Crippen LogP contribution in [0.5, 0.6) is 0 Å². The maximum atomic E-state index is 11.5. The summed E-state index contributed by atoms with van der Waals surface area (Å²) < 4.78 is 10.2. The number of hydrogen-bond acceptors (Lipinski definition) is 5. The van der Waals surface area contributed by atoms with Crippen molar-refractivity contribution in [3.8, 4) is 0 Å². The molecule has 0 saturated heterocycles. The van der Waals surface area contributed by atoms with Gasteiger partial charge >= 0.3 is 0 Å². The van der Waals surface area contributed by atoms with E-state index in [0.29, 0.717) is 6.29 Å². The maximum Gasteiger partial charge on any atom is 0.278 e. The molecule has 0 radical (unpaired) electrons. The van der Waals surface area contributed by atoms with Gasteiger partial charge in [0.25, 0.3) is 5.91 Å². The molecule has 0 aromatic heterocycles. The first-order valence-electron chi connectivity index (χ1n) is 4.79. The smallest absolute Gasteiger partial charge is 0.278 e. The number of nitrogens with one attached hydrogen (secondary N) is 1. The Kier molecular flexibility index (Phi) is 4.62. The highest BCUT2D eigenvalue weighted by atomic mass is 16.5. The number of ether oxygens (including phenoxy) is 2. The normalized spacial score (nSPS) is 19.5. The average Bonchev–Trinajstić information content (AvgIpc) is 2.55. The zero-order valence-electron chi connectivity index (χ0n) is 9.47. The van der Waals surface area contributed by atoms with Crippen LogP contribution < -0.4 is 5.48 Å². The van der Waals surface area contributed by atoms with E-state index in [-0.39, 0.29) is 16.9 Å². The number of hydrogen-bond donors (Lipinski definition) is 2. The van der Waals surface area contributed by atoms with Crippen LogP contribution in [-0.2, 0) is 19.1 Å². The van der Waals surface area contributed by atoms with Gasteiger partial charge in [0.05, 0.1) is 12.7 Å². The standard InChI is InChI=1S/C11H13NO5/c1-16-8-5-3-4-7(6-13)9(10(8)17-2)11(14)12-15/h3-6,8,15H,1-2H3,(H,12,14). The second-order valence-electron chi connectivity index (χ2n) is 3.17. The molecule has 0 fully saturated rings. The summed E-state index contributed by atoms with van der Waals surface area (Å²) in [7, 11) is 2.79. The molecule has 92 valence electrons. The molecule has 1 atom stereocenters. The van der Waals surface area contributed by atoms with Gasteiger partial charge in [-0.1, -0.05) is 12.2 Å². The molecule has 6 heteroatoms. The van der Waals surface area contributed by atoms with Gasteiger partial charge in [-0.2, -0.15) is 0 Å². The van der Waals surface area contributed by atoms with Crippen molar-refractivity contribution >= 4 is 12.2 Å². The van der Waals surface area contributed by atoms with Crippen molar-refractivity contribution in [1.82, 2.24) is 5.48 Å². The predicted octanol–water partition coefficient (Wildman–Crippen LogP) is 0.102. The fourth-order valence-corrected chi connectivity index (χ4v) is 1.52. The van der Waals surface area contributed by atoms with E-state index >= 15 is 0 Å². The zero-order valence-corrected chi connectivity index (χ0v) is 9.47. The molecule has 2 N–H and O–H groups in total. The van der Waals surface area contributed by atoms with E-state index in [2.05, 4.69) is 0 Å². The Morgan fingerprint density at radius 1 is 1.53 bits per heavy atom. The van der Waals surface area contributed by atoms with Crippen molar-refractivity contribution in [3.05, 3.63) is 35.1 Å². The molecule has 0 saturated carbocycles. The predicted molar refractivity (Wildman–Crippen MR) is 58.0 cm³/mol. The molecule has 0 bridgehead atoms. The van der Waals surface area contributed by atoms with Crippen molar-refractivity contribution < 1.29 is 24.3 Å². The van der Waals surface area contributed by atoms with Gasteiger partial charge in [-0.15, -0.1) is 0 Å². The number of aldehydes is 1.